The molecule has 0 aliphatic heterocycles. The van der Waals surface area contributed by atoms with E-state index in [9.17, 15) is 0 Å². The van der Waals surface area contributed by atoms with E-state index in [1.807, 2.05) is 29.9 Å². The molecule has 0 saturated carbocycles. The van der Waals surface area contributed by atoms with Crippen LogP contribution in [0.25, 0.3) is 16.9 Å². The molecule has 21 heavy (non-hydrogen) atoms. The molecule has 6 heteroatoms. The second-order valence-electron chi connectivity index (χ2n) is 4.85. The van der Waals surface area contributed by atoms with Crippen molar-refractivity contribution < 1.29 is 0 Å². The third-order valence-corrected chi connectivity index (χ3v) is 4.38. The third kappa shape index (κ3) is 2.38. The van der Waals surface area contributed by atoms with Gasteiger partial charge in [0.2, 0.25) is 0 Å². The molecule has 0 bridgehead atoms. The molecule has 2 heterocycles. The van der Waals surface area contributed by atoms with Crippen molar-refractivity contribution in [2.45, 2.75) is 19.8 Å². The van der Waals surface area contributed by atoms with Gasteiger partial charge in [0.1, 0.15) is 11.3 Å². The maximum absolute atomic E-state index is 5.96. The normalized spacial score (nSPS) is 11.4. The molecule has 0 aliphatic rings. The lowest BCUT2D eigenvalue weighted by molar-refractivity contribution is 0.740. The number of halogens is 2. The van der Waals surface area contributed by atoms with E-state index in [0.29, 0.717) is 5.88 Å². The lowest BCUT2D eigenvalue weighted by atomic mass is 10.3. The summed E-state index contributed by atoms with van der Waals surface area (Å²) in [6.07, 6.45) is 1.59. The Bertz CT molecular complexity index is 790. The fraction of sp³-hybridized carbons (Fsp3) is 0.333. The first-order chi connectivity index (χ1) is 10.2. The van der Waals surface area contributed by atoms with Crippen molar-refractivity contribution in [2.75, 3.05) is 5.88 Å². The highest BCUT2D eigenvalue weighted by Gasteiger charge is 2.20. The van der Waals surface area contributed by atoms with Crippen LogP contribution in [0.2, 0.25) is 0 Å². The molecule has 0 amide bonds. The summed E-state index contributed by atoms with van der Waals surface area (Å²) in [5.74, 6) is 1.51. The summed E-state index contributed by atoms with van der Waals surface area (Å²) in [5, 5.41) is 4.57. The first-order valence-corrected chi connectivity index (χ1v) is 8.24. The van der Waals surface area contributed by atoms with E-state index in [1.54, 1.807) is 0 Å². The zero-order valence-corrected chi connectivity index (χ0v) is 14.3. The first-order valence-electron chi connectivity index (χ1n) is 6.91. The number of aryl methyl sites for hydroxylation is 3. The first kappa shape index (κ1) is 14.6. The Morgan fingerprint density at radius 2 is 2.05 bits per heavy atom. The number of aromatic nitrogens is 4. The standard InChI is InChI=1S/C15H16BrClN4/c1-3-11-14-15(20(2)19-11)21(13(18-14)8-9-17)12-7-5-4-6-10(12)16/h4-7H,3,8-9H2,1-2H3. The van der Waals surface area contributed by atoms with E-state index in [1.165, 1.54) is 0 Å². The van der Waals surface area contributed by atoms with Crippen LogP contribution in [0.15, 0.2) is 28.7 Å². The Labute approximate surface area is 136 Å². The molecule has 0 unspecified atom stereocenters. The zero-order chi connectivity index (χ0) is 15.0. The van der Waals surface area contributed by atoms with Crippen LogP contribution in [0.5, 0.6) is 0 Å². The molecule has 0 atom stereocenters. The van der Waals surface area contributed by atoms with Crippen molar-refractivity contribution in [1.29, 1.82) is 0 Å². The Morgan fingerprint density at radius 3 is 2.71 bits per heavy atom. The Hall–Kier alpha value is -1.33. The molecule has 0 spiro atoms. The minimum Gasteiger partial charge on any atom is -0.280 e. The summed E-state index contributed by atoms with van der Waals surface area (Å²) in [5.41, 5.74) is 4.06. The number of rotatable bonds is 4. The summed E-state index contributed by atoms with van der Waals surface area (Å²) in [7, 11) is 1.96. The van der Waals surface area contributed by atoms with Gasteiger partial charge in [0.05, 0.1) is 11.4 Å². The molecule has 4 nitrogen and oxygen atoms in total. The van der Waals surface area contributed by atoms with Crippen molar-refractivity contribution in [3.8, 4) is 5.69 Å². The van der Waals surface area contributed by atoms with Gasteiger partial charge in [-0.1, -0.05) is 19.1 Å². The van der Waals surface area contributed by atoms with Crippen LogP contribution in [0.4, 0.5) is 0 Å². The van der Waals surface area contributed by atoms with Crippen molar-refractivity contribution in [3.05, 3.63) is 40.3 Å². The average molecular weight is 368 g/mol. The predicted molar refractivity (Wildman–Crippen MR) is 89.3 cm³/mol. The number of benzene rings is 1. The lowest BCUT2D eigenvalue weighted by Crippen LogP contribution is -2.06. The van der Waals surface area contributed by atoms with E-state index in [0.717, 1.165) is 45.7 Å². The number of para-hydroxylation sites is 1. The van der Waals surface area contributed by atoms with Crippen LogP contribution in [-0.4, -0.2) is 25.2 Å². The number of hydrogen-bond donors (Lipinski definition) is 0. The summed E-state index contributed by atoms with van der Waals surface area (Å²) in [4.78, 5) is 4.79. The monoisotopic (exact) mass is 366 g/mol. The van der Waals surface area contributed by atoms with Gasteiger partial charge in [-0.05, 0) is 34.5 Å². The van der Waals surface area contributed by atoms with Gasteiger partial charge in [0, 0.05) is 23.8 Å². The van der Waals surface area contributed by atoms with E-state index < -0.39 is 0 Å². The number of alkyl halides is 1. The van der Waals surface area contributed by atoms with Gasteiger partial charge in [-0.15, -0.1) is 11.6 Å². The highest BCUT2D eigenvalue weighted by atomic mass is 79.9. The maximum Gasteiger partial charge on any atom is 0.163 e. The van der Waals surface area contributed by atoms with Crippen LogP contribution >= 0.6 is 27.5 Å². The Morgan fingerprint density at radius 1 is 1.29 bits per heavy atom. The Kier molecular flexibility index (Phi) is 4.04. The third-order valence-electron chi connectivity index (χ3n) is 3.52. The van der Waals surface area contributed by atoms with Crippen LogP contribution < -0.4 is 0 Å². The van der Waals surface area contributed by atoms with E-state index in [2.05, 4.69) is 38.6 Å². The molecule has 2 aromatic heterocycles. The van der Waals surface area contributed by atoms with E-state index in [4.69, 9.17) is 16.6 Å². The molecule has 3 rings (SSSR count). The van der Waals surface area contributed by atoms with Crippen LogP contribution in [0, 0.1) is 0 Å². The second-order valence-corrected chi connectivity index (χ2v) is 6.08. The number of fused-ring (bicyclic) bond motifs is 1. The molecule has 0 fully saturated rings. The molecular formula is C15H16BrClN4. The topological polar surface area (TPSA) is 35.6 Å². The van der Waals surface area contributed by atoms with Crippen molar-refractivity contribution in [3.63, 3.8) is 0 Å². The predicted octanol–water partition coefficient (Wildman–Crippen LogP) is 3.87. The summed E-state index contributed by atoms with van der Waals surface area (Å²) in [6, 6.07) is 8.13. The SMILES string of the molecule is CCc1nn(C)c2c1nc(CCCl)n2-c1ccccc1Br. The summed E-state index contributed by atoms with van der Waals surface area (Å²) < 4.78 is 5.08. The summed E-state index contributed by atoms with van der Waals surface area (Å²) >= 11 is 9.58. The smallest absolute Gasteiger partial charge is 0.163 e. The average Bonchev–Trinajstić information content (AvgIpc) is 2.98. The highest BCUT2D eigenvalue weighted by Crippen LogP contribution is 2.28. The minimum atomic E-state index is 0.544. The van der Waals surface area contributed by atoms with E-state index >= 15 is 0 Å². The molecule has 3 aromatic rings. The van der Waals surface area contributed by atoms with Gasteiger partial charge in [0.25, 0.3) is 0 Å². The maximum atomic E-state index is 5.96. The van der Waals surface area contributed by atoms with Gasteiger partial charge >= 0.3 is 0 Å². The molecule has 0 aliphatic carbocycles. The Balaban J connectivity index is 2.36. The van der Waals surface area contributed by atoms with Gasteiger partial charge in [-0.3, -0.25) is 4.57 Å². The van der Waals surface area contributed by atoms with Gasteiger partial charge in [-0.25, -0.2) is 9.67 Å². The van der Waals surface area contributed by atoms with Crippen molar-refractivity contribution in [2.24, 2.45) is 7.05 Å². The van der Waals surface area contributed by atoms with Gasteiger partial charge in [-0.2, -0.15) is 5.10 Å². The minimum absolute atomic E-state index is 0.544. The number of imidazole rings is 1. The van der Waals surface area contributed by atoms with E-state index in [-0.39, 0.29) is 0 Å². The van der Waals surface area contributed by atoms with Crippen LogP contribution in [0.1, 0.15) is 18.4 Å². The molecule has 0 radical (unpaired) electrons. The molecule has 0 N–H and O–H groups in total. The zero-order valence-electron chi connectivity index (χ0n) is 12.0. The largest absolute Gasteiger partial charge is 0.280 e. The molecule has 0 saturated heterocycles. The lowest BCUT2D eigenvalue weighted by Gasteiger charge is -2.10. The molecule has 1 aromatic carbocycles. The fourth-order valence-corrected chi connectivity index (χ4v) is 3.23. The highest BCUT2D eigenvalue weighted by molar-refractivity contribution is 9.10. The number of hydrogen-bond acceptors (Lipinski definition) is 2. The fourth-order valence-electron chi connectivity index (χ4n) is 2.60. The second kappa shape index (κ2) is 5.81. The molecular weight excluding hydrogens is 352 g/mol. The summed E-state index contributed by atoms with van der Waals surface area (Å²) in [6.45, 7) is 2.10. The van der Waals surface area contributed by atoms with Crippen LogP contribution in [0.3, 0.4) is 0 Å². The quantitative estimate of drug-likeness (QED) is 0.656. The van der Waals surface area contributed by atoms with Crippen molar-refractivity contribution in [1.82, 2.24) is 19.3 Å². The van der Waals surface area contributed by atoms with Gasteiger partial charge < -0.3 is 0 Å². The molecule has 110 valence electrons. The van der Waals surface area contributed by atoms with Crippen LogP contribution in [-0.2, 0) is 19.9 Å². The number of nitrogens with zero attached hydrogens (tertiary/aromatic N) is 4. The van der Waals surface area contributed by atoms with Crippen molar-refractivity contribution >= 4 is 38.7 Å². The van der Waals surface area contributed by atoms with Gasteiger partial charge in [0.15, 0.2) is 5.65 Å².